The molecule has 0 spiro atoms. The number of carbonyl (C=O) groups is 2. The van der Waals surface area contributed by atoms with E-state index in [-0.39, 0.29) is 17.7 Å². The molecule has 2 aliphatic rings. The normalized spacial score (nSPS) is 18.0. The van der Waals surface area contributed by atoms with Crippen LogP contribution >= 0.6 is 0 Å². The second kappa shape index (κ2) is 8.58. The van der Waals surface area contributed by atoms with Gasteiger partial charge in [-0.05, 0) is 50.2 Å². The fourth-order valence-electron chi connectivity index (χ4n) is 4.38. The maximum Gasteiger partial charge on any atom is 0.272 e. The zero-order valence-electron chi connectivity index (χ0n) is 18.2. The van der Waals surface area contributed by atoms with Crippen LogP contribution in [0.2, 0.25) is 0 Å². The van der Waals surface area contributed by atoms with Gasteiger partial charge >= 0.3 is 0 Å². The molecule has 9 heteroatoms. The number of nitrogens with zero attached hydrogens (tertiary/aromatic N) is 4. The highest BCUT2D eigenvalue weighted by Gasteiger charge is 2.38. The van der Waals surface area contributed by atoms with E-state index < -0.39 is 0 Å². The van der Waals surface area contributed by atoms with Crippen molar-refractivity contribution < 1.29 is 19.1 Å². The summed E-state index contributed by atoms with van der Waals surface area (Å²) in [6, 6.07) is 7.63. The first-order chi connectivity index (χ1) is 14.9. The molecule has 2 aromatic rings. The number of likely N-dealkylation sites (tertiary alicyclic amines) is 2. The van der Waals surface area contributed by atoms with Crippen molar-refractivity contribution >= 4 is 11.8 Å². The molecular formula is C22H29N5O4. The van der Waals surface area contributed by atoms with E-state index in [0.717, 1.165) is 31.5 Å². The minimum Gasteiger partial charge on any atom is -0.497 e. The van der Waals surface area contributed by atoms with Crippen molar-refractivity contribution in [3.8, 4) is 22.8 Å². The average Bonchev–Trinajstić information content (AvgIpc) is 3.14. The zero-order chi connectivity index (χ0) is 22.1. The fourth-order valence-corrected chi connectivity index (χ4v) is 4.38. The van der Waals surface area contributed by atoms with E-state index in [1.165, 1.54) is 0 Å². The van der Waals surface area contributed by atoms with E-state index in [1.54, 1.807) is 32.0 Å². The van der Waals surface area contributed by atoms with Gasteiger partial charge in [0.05, 0.1) is 19.9 Å². The van der Waals surface area contributed by atoms with E-state index in [1.807, 2.05) is 23.1 Å². The van der Waals surface area contributed by atoms with Crippen LogP contribution in [0.25, 0.3) is 11.3 Å². The Morgan fingerprint density at radius 2 is 1.81 bits per heavy atom. The standard InChI is InChI=1S/C22H29N5O4/c1-25-19(11-18(24-25)17-10-16(30-2)4-5-20(17)31-3)22(29)27-12-15(13-27)26-8-6-14(7-9-26)21(23)28/h4-5,10-11,14-15H,6-9,12-13H2,1-3H3,(H2,23,28). The first-order valence-corrected chi connectivity index (χ1v) is 10.5. The molecule has 0 saturated carbocycles. The first-order valence-electron chi connectivity index (χ1n) is 10.5. The SMILES string of the molecule is COc1ccc(OC)c(-c2cc(C(=O)N3CC(N4CCC(C(N)=O)CC4)C3)n(C)n2)c1. The van der Waals surface area contributed by atoms with Crippen LogP contribution in [-0.2, 0) is 11.8 Å². The van der Waals surface area contributed by atoms with Gasteiger partial charge in [0.15, 0.2) is 0 Å². The third kappa shape index (κ3) is 4.10. The maximum atomic E-state index is 13.1. The molecule has 2 fully saturated rings. The molecule has 0 unspecified atom stereocenters. The molecule has 0 atom stereocenters. The largest absolute Gasteiger partial charge is 0.497 e. The topological polar surface area (TPSA) is 103 Å². The van der Waals surface area contributed by atoms with Crippen molar-refractivity contribution in [3.63, 3.8) is 0 Å². The zero-order valence-corrected chi connectivity index (χ0v) is 18.2. The van der Waals surface area contributed by atoms with Crippen molar-refractivity contribution in [2.75, 3.05) is 40.4 Å². The number of hydrogen-bond donors (Lipinski definition) is 1. The van der Waals surface area contributed by atoms with E-state index in [9.17, 15) is 9.59 Å². The third-order valence-corrected chi connectivity index (χ3v) is 6.38. The van der Waals surface area contributed by atoms with Gasteiger partial charge in [0, 0.05) is 37.7 Å². The number of amides is 2. The van der Waals surface area contributed by atoms with E-state index >= 15 is 0 Å². The molecule has 1 aromatic carbocycles. The lowest BCUT2D eigenvalue weighted by atomic mass is 9.93. The average molecular weight is 428 g/mol. The van der Waals surface area contributed by atoms with Crippen molar-refractivity contribution in [2.45, 2.75) is 18.9 Å². The van der Waals surface area contributed by atoms with Crippen molar-refractivity contribution in [1.29, 1.82) is 0 Å². The Balaban J connectivity index is 1.42. The number of aryl methyl sites for hydroxylation is 1. The van der Waals surface area contributed by atoms with Crippen LogP contribution in [0.4, 0.5) is 0 Å². The van der Waals surface area contributed by atoms with Crippen LogP contribution in [0.15, 0.2) is 24.3 Å². The van der Waals surface area contributed by atoms with Gasteiger partial charge < -0.3 is 20.1 Å². The minimum atomic E-state index is -0.204. The second-order valence-corrected chi connectivity index (χ2v) is 8.18. The second-order valence-electron chi connectivity index (χ2n) is 8.18. The monoisotopic (exact) mass is 427 g/mol. The number of aromatic nitrogens is 2. The molecule has 2 saturated heterocycles. The van der Waals surface area contributed by atoms with Gasteiger partial charge in [-0.25, -0.2) is 0 Å². The van der Waals surface area contributed by atoms with E-state index in [0.29, 0.717) is 42.0 Å². The van der Waals surface area contributed by atoms with Gasteiger partial charge in [-0.1, -0.05) is 0 Å². The van der Waals surface area contributed by atoms with Gasteiger partial charge in [0.2, 0.25) is 5.91 Å². The third-order valence-electron chi connectivity index (χ3n) is 6.38. The van der Waals surface area contributed by atoms with Gasteiger partial charge in [0.1, 0.15) is 17.2 Å². The highest BCUT2D eigenvalue weighted by atomic mass is 16.5. The molecule has 0 aliphatic carbocycles. The Morgan fingerprint density at radius 1 is 1.10 bits per heavy atom. The maximum absolute atomic E-state index is 13.1. The quantitative estimate of drug-likeness (QED) is 0.741. The molecular weight excluding hydrogens is 398 g/mol. The van der Waals surface area contributed by atoms with Crippen molar-refractivity contribution in [1.82, 2.24) is 19.6 Å². The number of piperidine rings is 1. The molecule has 4 rings (SSSR count). The number of primary amides is 1. The van der Waals surface area contributed by atoms with Crippen LogP contribution in [0, 0.1) is 5.92 Å². The Kier molecular flexibility index (Phi) is 5.86. The van der Waals surface area contributed by atoms with Crippen molar-refractivity contribution in [2.24, 2.45) is 18.7 Å². The molecule has 2 aliphatic heterocycles. The van der Waals surface area contributed by atoms with Crippen LogP contribution in [0.5, 0.6) is 11.5 Å². The molecule has 0 bridgehead atoms. The van der Waals surface area contributed by atoms with Gasteiger partial charge in [-0.3, -0.25) is 19.2 Å². The summed E-state index contributed by atoms with van der Waals surface area (Å²) in [5.41, 5.74) is 7.39. The summed E-state index contributed by atoms with van der Waals surface area (Å²) >= 11 is 0. The summed E-state index contributed by atoms with van der Waals surface area (Å²) in [7, 11) is 4.98. The highest BCUT2D eigenvalue weighted by Crippen LogP contribution is 2.33. The predicted octanol–water partition coefficient (Wildman–Crippen LogP) is 1.13. The predicted molar refractivity (Wildman–Crippen MR) is 115 cm³/mol. The molecule has 1 aromatic heterocycles. The summed E-state index contributed by atoms with van der Waals surface area (Å²) in [5.74, 6) is 1.10. The molecule has 2 N–H and O–H groups in total. The van der Waals surface area contributed by atoms with Gasteiger partial charge in [-0.2, -0.15) is 5.10 Å². The van der Waals surface area contributed by atoms with Crippen LogP contribution in [0.3, 0.4) is 0 Å². The van der Waals surface area contributed by atoms with Gasteiger partial charge in [-0.15, -0.1) is 0 Å². The highest BCUT2D eigenvalue weighted by molar-refractivity contribution is 5.94. The fraction of sp³-hybridized carbons (Fsp3) is 0.500. The lowest BCUT2D eigenvalue weighted by molar-refractivity contribution is -0.123. The Bertz CT molecular complexity index is 974. The van der Waals surface area contributed by atoms with Gasteiger partial charge in [0.25, 0.3) is 5.91 Å². The van der Waals surface area contributed by atoms with Crippen LogP contribution in [0.1, 0.15) is 23.3 Å². The Hall–Kier alpha value is -3.07. The number of nitrogens with two attached hydrogens (primary N) is 1. The number of methoxy groups -OCH3 is 2. The minimum absolute atomic E-state index is 0.0180. The molecule has 166 valence electrons. The van der Waals surface area contributed by atoms with E-state index in [4.69, 9.17) is 15.2 Å². The number of rotatable bonds is 6. The smallest absolute Gasteiger partial charge is 0.272 e. The molecule has 31 heavy (non-hydrogen) atoms. The Labute approximate surface area is 181 Å². The van der Waals surface area contributed by atoms with Crippen LogP contribution < -0.4 is 15.2 Å². The summed E-state index contributed by atoms with van der Waals surface area (Å²) < 4.78 is 12.4. The molecule has 0 radical (unpaired) electrons. The first kappa shape index (κ1) is 21.2. The summed E-state index contributed by atoms with van der Waals surface area (Å²) in [6.45, 7) is 3.07. The summed E-state index contributed by atoms with van der Waals surface area (Å²) in [6.07, 6.45) is 1.60. The summed E-state index contributed by atoms with van der Waals surface area (Å²) in [4.78, 5) is 28.6. The van der Waals surface area contributed by atoms with Crippen molar-refractivity contribution in [3.05, 3.63) is 30.0 Å². The summed E-state index contributed by atoms with van der Waals surface area (Å²) in [5, 5.41) is 4.54. The molecule has 2 amide bonds. The van der Waals surface area contributed by atoms with E-state index in [2.05, 4.69) is 10.00 Å². The number of carbonyl (C=O) groups excluding carboxylic acids is 2. The Morgan fingerprint density at radius 3 is 2.42 bits per heavy atom. The number of benzene rings is 1. The molecule has 3 heterocycles. The van der Waals surface area contributed by atoms with Crippen LogP contribution in [-0.4, -0.2) is 77.8 Å². The lowest BCUT2D eigenvalue weighted by Gasteiger charge is -2.47. The lowest BCUT2D eigenvalue weighted by Crippen LogP contribution is -2.62. The number of hydrogen-bond acceptors (Lipinski definition) is 6. The number of ether oxygens (including phenoxy) is 2. The molecule has 9 nitrogen and oxygen atoms in total.